The second-order valence-electron chi connectivity index (χ2n) is 7.15. The van der Waals surface area contributed by atoms with Crippen molar-refractivity contribution < 1.29 is 27.4 Å². The molecule has 0 aliphatic heterocycles. The molecule has 10 heteroatoms. The number of sulfone groups is 1. The van der Waals surface area contributed by atoms with E-state index in [0.717, 1.165) is 11.1 Å². The van der Waals surface area contributed by atoms with Crippen LogP contribution in [0.15, 0.2) is 53.6 Å². The summed E-state index contributed by atoms with van der Waals surface area (Å²) in [5.74, 6) is 0.850. The predicted octanol–water partition coefficient (Wildman–Crippen LogP) is 4.31. The van der Waals surface area contributed by atoms with Crippen LogP contribution >= 0.6 is 11.3 Å². The summed E-state index contributed by atoms with van der Waals surface area (Å²) in [5.41, 5.74) is 0.322. The normalized spacial score (nSPS) is 12.2. The Morgan fingerprint density at radius 2 is 1.81 bits per heavy atom. The lowest BCUT2D eigenvalue weighted by Crippen LogP contribution is -2.18. The molecule has 0 saturated carbocycles. The quantitative estimate of drug-likeness (QED) is 0.491. The summed E-state index contributed by atoms with van der Waals surface area (Å²) in [4.78, 5) is 18.1. The number of nitrogens with zero attached hydrogens (tertiary/aromatic N) is 1. The molecule has 1 N–H and O–H groups in total. The van der Waals surface area contributed by atoms with Crippen LogP contribution in [-0.4, -0.2) is 45.4 Å². The molecular formula is C22H24N2O6S2. The molecular weight excluding hydrogens is 452 g/mol. The topological polar surface area (TPSA) is 104 Å². The molecule has 1 aromatic heterocycles. The molecule has 170 valence electrons. The van der Waals surface area contributed by atoms with Gasteiger partial charge in [0.15, 0.2) is 15.0 Å². The Kier molecular flexibility index (Phi) is 7.49. The Hall–Kier alpha value is -2.95. The zero-order chi connectivity index (χ0) is 23.3. The van der Waals surface area contributed by atoms with Crippen molar-refractivity contribution in [3.05, 3.63) is 59.1 Å². The van der Waals surface area contributed by atoms with Crippen molar-refractivity contribution in [3.63, 3.8) is 0 Å². The van der Waals surface area contributed by atoms with Crippen LogP contribution in [-0.2, 0) is 14.6 Å². The van der Waals surface area contributed by atoms with Gasteiger partial charge in [0.1, 0.15) is 23.4 Å². The first kappa shape index (κ1) is 23.7. The monoisotopic (exact) mass is 476 g/mol. The maximum Gasteiger partial charge on any atom is 0.257 e. The van der Waals surface area contributed by atoms with Crippen molar-refractivity contribution in [1.82, 2.24) is 4.98 Å². The molecule has 0 aliphatic rings. The van der Waals surface area contributed by atoms with Crippen LogP contribution < -0.4 is 14.8 Å². The number of ether oxygens (including phenoxy) is 3. The van der Waals surface area contributed by atoms with Crippen LogP contribution in [0.1, 0.15) is 22.2 Å². The van der Waals surface area contributed by atoms with Crippen molar-refractivity contribution in [1.29, 1.82) is 0 Å². The number of carbonyl (C=O) groups excluding carboxylic acids is 1. The number of anilines is 1. The minimum absolute atomic E-state index is 0.189. The number of hydrogen-bond acceptors (Lipinski definition) is 8. The van der Waals surface area contributed by atoms with E-state index in [4.69, 9.17) is 14.2 Å². The lowest BCUT2D eigenvalue weighted by Gasteiger charge is -2.16. The number of rotatable bonds is 9. The van der Waals surface area contributed by atoms with E-state index in [2.05, 4.69) is 10.3 Å². The fourth-order valence-corrected chi connectivity index (χ4v) is 4.09. The summed E-state index contributed by atoms with van der Waals surface area (Å²) in [6.07, 6.45) is 2.57. The Labute approximate surface area is 191 Å². The van der Waals surface area contributed by atoms with Crippen molar-refractivity contribution in [2.75, 3.05) is 25.3 Å². The largest absolute Gasteiger partial charge is 0.488 e. The zero-order valence-electron chi connectivity index (χ0n) is 18.1. The number of thiazole rings is 1. The van der Waals surface area contributed by atoms with Crippen molar-refractivity contribution in [2.45, 2.75) is 24.8 Å². The van der Waals surface area contributed by atoms with Crippen LogP contribution in [0.25, 0.3) is 0 Å². The Morgan fingerprint density at radius 1 is 1.12 bits per heavy atom. The Balaban J connectivity index is 1.87. The van der Waals surface area contributed by atoms with Crippen LogP contribution in [0, 0.1) is 6.92 Å². The fourth-order valence-electron chi connectivity index (χ4n) is 2.80. The van der Waals surface area contributed by atoms with Gasteiger partial charge in [0.05, 0.1) is 11.5 Å². The highest BCUT2D eigenvalue weighted by molar-refractivity contribution is 7.90. The molecule has 0 aliphatic carbocycles. The molecule has 0 saturated heterocycles. The summed E-state index contributed by atoms with van der Waals surface area (Å²) < 4.78 is 40.2. The van der Waals surface area contributed by atoms with Crippen molar-refractivity contribution in [3.8, 4) is 17.2 Å². The van der Waals surface area contributed by atoms with Crippen molar-refractivity contribution in [2.24, 2.45) is 0 Å². The molecule has 1 amide bonds. The third-order valence-corrected chi connectivity index (χ3v) is 6.17. The number of amides is 1. The molecule has 0 unspecified atom stereocenters. The summed E-state index contributed by atoms with van der Waals surface area (Å²) in [7, 11) is -1.73. The molecule has 1 atom stereocenters. The molecule has 1 heterocycles. The summed E-state index contributed by atoms with van der Waals surface area (Å²) in [6, 6.07) is 10.9. The van der Waals surface area contributed by atoms with E-state index in [1.165, 1.54) is 23.5 Å². The van der Waals surface area contributed by atoms with E-state index in [-0.39, 0.29) is 16.9 Å². The molecule has 0 spiro atoms. The Morgan fingerprint density at radius 3 is 2.41 bits per heavy atom. The first-order valence-corrected chi connectivity index (χ1v) is 12.4. The van der Waals surface area contributed by atoms with E-state index >= 15 is 0 Å². The van der Waals surface area contributed by atoms with Gasteiger partial charge in [-0.3, -0.25) is 10.1 Å². The first-order valence-electron chi connectivity index (χ1n) is 9.66. The molecule has 0 radical (unpaired) electrons. The van der Waals surface area contributed by atoms with Crippen LogP contribution in [0.5, 0.6) is 17.2 Å². The highest BCUT2D eigenvalue weighted by atomic mass is 32.2. The number of benzene rings is 2. The van der Waals surface area contributed by atoms with Gasteiger partial charge >= 0.3 is 0 Å². The smallest absolute Gasteiger partial charge is 0.257 e. The lowest BCUT2D eigenvalue weighted by atomic mass is 10.2. The summed E-state index contributed by atoms with van der Waals surface area (Å²) in [5, 5.41) is 3.26. The molecule has 3 rings (SSSR count). The molecule has 2 aromatic carbocycles. The van der Waals surface area contributed by atoms with Crippen molar-refractivity contribution >= 4 is 32.2 Å². The number of carbonyl (C=O) groups is 1. The maximum atomic E-state index is 12.8. The highest BCUT2D eigenvalue weighted by Gasteiger charge is 2.15. The third kappa shape index (κ3) is 6.52. The second-order valence-corrected chi connectivity index (χ2v) is 10.4. The van der Waals surface area contributed by atoms with Gasteiger partial charge in [-0.25, -0.2) is 13.4 Å². The number of hydrogen-bond donors (Lipinski definition) is 1. The standard InChI is InChI=1S/C22H24N2O6S2/c1-14(13-28-3)29-18-9-16(21(25)24-22-23-12-15(2)31-22)10-19(11-18)30-17-5-7-20(8-6-17)32(4,26)27/h5-12,14H,13H2,1-4H3,(H,23,24,25)/t14-/m0/s1. The average Bonchev–Trinajstić information content (AvgIpc) is 3.12. The minimum Gasteiger partial charge on any atom is -0.488 e. The van der Waals surface area contributed by atoms with Gasteiger partial charge in [0.2, 0.25) is 0 Å². The van der Waals surface area contributed by atoms with Gasteiger partial charge in [-0.15, -0.1) is 11.3 Å². The molecule has 0 bridgehead atoms. The second kappa shape index (κ2) is 10.1. The van der Waals surface area contributed by atoms with Gasteiger partial charge in [0.25, 0.3) is 5.91 Å². The fraction of sp³-hybridized carbons (Fsp3) is 0.273. The molecule has 0 fully saturated rings. The van der Waals surface area contributed by atoms with E-state index in [9.17, 15) is 13.2 Å². The predicted molar refractivity (Wildman–Crippen MR) is 123 cm³/mol. The van der Waals surface area contributed by atoms with Gasteiger partial charge in [-0.2, -0.15) is 0 Å². The highest BCUT2D eigenvalue weighted by Crippen LogP contribution is 2.29. The molecule has 3 aromatic rings. The molecule has 8 nitrogen and oxygen atoms in total. The third-order valence-electron chi connectivity index (χ3n) is 4.21. The Bertz CT molecular complexity index is 1190. The van der Waals surface area contributed by atoms with Gasteiger partial charge in [-0.05, 0) is 50.2 Å². The van der Waals surface area contributed by atoms with E-state index in [1.54, 1.807) is 43.6 Å². The number of methoxy groups -OCH3 is 1. The lowest BCUT2D eigenvalue weighted by molar-refractivity contribution is 0.0916. The summed E-state index contributed by atoms with van der Waals surface area (Å²) in [6.45, 7) is 4.12. The van der Waals surface area contributed by atoms with Crippen LogP contribution in [0.3, 0.4) is 0 Å². The summed E-state index contributed by atoms with van der Waals surface area (Å²) >= 11 is 1.37. The van der Waals surface area contributed by atoms with E-state index in [1.807, 2.05) is 13.8 Å². The van der Waals surface area contributed by atoms with Crippen LogP contribution in [0.2, 0.25) is 0 Å². The molecule has 32 heavy (non-hydrogen) atoms. The maximum absolute atomic E-state index is 12.8. The van der Waals surface area contributed by atoms with Gasteiger partial charge in [-0.1, -0.05) is 0 Å². The minimum atomic E-state index is -3.31. The average molecular weight is 477 g/mol. The van der Waals surface area contributed by atoms with Gasteiger partial charge < -0.3 is 14.2 Å². The van der Waals surface area contributed by atoms with Crippen LogP contribution in [0.4, 0.5) is 5.13 Å². The zero-order valence-corrected chi connectivity index (χ0v) is 19.7. The van der Waals surface area contributed by atoms with E-state index < -0.39 is 9.84 Å². The number of aromatic nitrogens is 1. The SMILES string of the molecule is COC[C@H](C)Oc1cc(Oc2ccc(S(C)(=O)=O)cc2)cc(C(=O)Nc2ncc(C)s2)c1. The first-order chi connectivity index (χ1) is 15.1. The van der Waals surface area contributed by atoms with Gasteiger partial charge in [0, 0.05) is 36.1 Å². The van der Waals surface area contributed by atoms with E-state index in [0.29, 0.717) is 34.6 Å². The number of nitrogens with one attached hydrogen (secondary N) is 1. The number of aryl methyl sites for hydroxylation is 1.